The van der Waals surface area contributed by atoms with Gasteiger partial charge in [-0.15, -0.1) is 0 Å². The highest BCUT2D eigenvalue weighted by Crippen LogP contribution is 1.96. The summed E-state index contributed by atoms with van der Waals surface area (Å²) in [6, 6.07) is -1.83. The average Bonchev–Trinajstić information content (AvgIpc) is 2.15. The van der Waals surface area contributed by atoms with Crippen molar-refractivity contribution in [2.45, 2.75) is 13.0 Å². The molecule has 1 atom stereocenters. The van der Waals surface area contributed by atoms with Crippen molar-refractivity contribution in [2.75, 3.05) is 13.1 Å². The molecule has 3 N–H and O–H groups in total. The second-order valence-corrected chi connectivity index (χ2v) is 3.34. The summed E-state index contributed by atoms with van der Waals surface area (Å²) >= 11 is 0. The maximum atomic E-state index is 11.4. The van der Waals surface area contributed by atoms with Crippen LogP contribution in [-0.2, 0) is 14.4 Å². The van der Waals surface area contributed by atoms with Crippen LogP contribution in [0.5, 0.6) is 0 Å². The number of carboxylic acid groups (broad SMARTS) is 1. The molecule has 1 unspecified atom stereocenters. The maximum absolute atomic E-state index is 11.4. The molecule has 1 heterocycles. The van der Waals surface area contributed by atoms with Crippen molar-refractivity contribution in [1.29, 1.82) is 0 Å². The Morgan fingerprint density at radius 3 is 2.31 bits per heavy atom. The summed E-state index contributed by atoms with van der Waals surface area (Å²) in [6.45, 7) is 0.764. The molecule has 0 aromatic rings. The van der Waals surface area contributed by atoms with Crippen LogP contribution in [0.4, 0.5) is 4.79 Å². The number of imide groups is 1. The number of rotatable bonds is 2. The van der Waals surface area contributed by atoms with E-state index in [1.807, 2.05) is 5.32 Å². The van der Waals surface area contributed by atoms with E-state index in [1.54, 1.807) is 0 Å². The third-order valence-electron chi connectivity index (χ3n) is 1.95. The van der Waals surface area contributed by atoms with Gasteiger partial charge in [0.25, 0.3) is 0 Å². The Hall–Kier alpha value is -2.12. The van der Waals surface area contributed by atoms with Crippen molar-refractivity contribution in [3.8, 4) is 0 Å². The number of amides is 4. The fourth-order valence-electron chi connectivity index (χ4n) is 1.12. The number of hydrogen-bond donors (Lipinski definition) is 3. The second-order valence-electron chi connectivity index (χ2n) is 3.34. The molecule has 0 saturated carbocycles. The second kappa shape index (κ2) is 4.60. The van der Waals surface area contributed by atoms with Gasteiger partial charge in [-0.2, -0.15) is 0 Å². The molecule has 0 aromatic heterocycles. The number of aliphatic carboxylic acids is 1. The van der Waals surface area contributed by atoms with Crippen molar-refractivity contribution >= 4 is 23.8 Å². The van der Waals surface area contributed by atoms with Gasteiger partial charge < -0.3 is 15.3 Å². The van der Waals surface area contributed by atoms with Crippen LogP contribution in [0.1, 0.15) is 6.92 Å². The van der Waals surface area contributed by atoms with Crippen LogP contribution in [0.15, 0.2) is 0 Å². The molecular formula is C8H11N3O5. The van der Waals surface area contributed by atoms with E-state index in [9.17, 15) is 19.2 Å². The van der Waals surface area contributed by atoms with E-state index >= 15 is 0 Å². The van der Waals surface area contributed by atoms with Gasteiger partial charge in [-0.3, -0.25) is 19.7 Å². The number of nitrogens with one attached hydrogen (secondary N) is 2. The van der Waals surface area contributed by atoms with E-state index in [4.69, 9.17) is 5.11 Å². The number of hydrogen-bond acceptors (Lipinski definition) is 4. The molecule has 1 aliphatic heterocycles. The zero-order valence-electron chi connectivity index (χ0n) is 8.52. The molecule has 1 rings (SSSR count). The summed E-state index contributed by atoms with van der Waals surface area (Å²) in [6.07, 6.45) is 0. The molecular weight excluding hydrogens is 218 g/mol. The number of carbonyl (C=O) groups excluding carboxylic acids is 3. The first-order valence-corrected chi connectivity index (χ1v) is 4.51. The molecule has 1 aliphatic rings. The summed E-state index contributed by atoms with van der Waals surface area (Å²) in [4.78, 5) is 44.7. The summed E-state index contributed by atoms with van der Waals surface area (Å²) < 4.78 is 0. The average molecular weight is 229 g/mol. The molecule has 0 bridgehead atoms. The molecule has 8 heteroatoms. The van der Waals surface area contributed by atoms with E-state index < -0.39 is 29.9 Å². The Morgan fingerprint density at radius 2 is 1.88 bits per heavy atom. The molecule has 16 heavy (non-hydrogen) atoms. The van der Waals surface area contributed by atoms with E-state index in [-0.39, 0.29) is 13.1 Å². The van der Waals surface area contributed by atoms with Gasteiger partial charge in [-0.1, -0.05) is 0 Å². The Morgan fingerprint density at radius 1 is 1.38 bits per heavy atom. The van der Waals surface area contributed by atoms with Gasteiger partial charge in [0.1, 0.15) is 19.1 Å². The first kappa shape index (κ1) is 12.0. The third-order valence-corrected chi connectivity index (χ3v) is 1.95. The van der Waals surface area contributed by atoms with Gasteiger partial charge >= 0.3 is 12.0 Å². The number of carboxylic acids is 1. The van der Waals surface area contributed by atoms with Gasteiger partial charge in [0.15, 0.2) is 0 Å². The van der Waals surface area contributed by atoms with Gasteiger partial charge in [0, 0.05) is 0 Å². The predicted octanol–water partition coefficient (Wildman–Crippen LogP) is -1.87. The fourth-order valence-corrected chi connectivity index (χ4v) is 1.12. The zero-order chi connectivity index (χ0) is 12.3. The van der Waals surface area contributed by atoms with E-state index in [2.05, 4.69) is 5.32 Å². The van der Waals surface area contributed by atoms with Crippen molar-refractivity contribution in [1.82, 2.24) is 15.5 Å². The van der Waals surface area contributed by atoms with Crippen LogP contribution >= 0.6 is 0 Å². The van der Waals surface area contributed by atoms with Gasteiger partial charge in [-0.05, 0) is 6.92 Å². The van der Waals surface area contributed by atoms with Crippen molar-refractivity contribution in [3.05, 3.63) is 0 Å². The molecule has 8 nitrogen and oxygen atoms in total. The molecule has 0 spiro atoms. The summed E-state index contributed by atoms with van der Waals surface area (Å²) in [5.74, 6) is -2.37. The molecule has 0 radical (unpaired) electrons. The summed E-state index contributed by atoms with van der Waals surface area (Å²) in [5, 5.41) is 12.7. The number of carbonyl (C=O) groups is 4. The number of nitrogens with zero attached hydrogens (tertiary/aromatic N) is 1. The van der Waals surface area contributed by atoms with Crippen LogP contribution in [0.2, 0.25) is 0 Å². The van der Waals surface area contributed by atoms with Crippen LogP contribution in [-0.4, -0.2) is 53.0 Å². The topological polar surface area (TPSA) is 116 Å². The lowest BCUT2D eigenvalue weighted by Crippen LogP contribution is -2.57. The van der Waals surface area contributed by atoms with E-state index in [1.165, 1.54) is 6.92 Å². The maximum Gasteiger partial charge on any atom is 0.325 e. The lowest BCUT2D eigenvalue weighted by Gasteiger charge is -2.26. The van der Waals surface area contributed by atoms with Crippen LogP contribution < -0.4 is 10.6 Å². The highest BCUT2D eigenvalue weighted by atomic mass is 16.4. The van der Waals surface area contributed by atoms with Crippen molar-refractivity contribution in [2.24, 2.45) is 0 Å². The molecule has 0 aromatic carbocycles. The van der Waals surface area contributed by atoms with Gasteiger partial charge in [-0.25, -0.2) is 4.79 Å². The Bertz CT molecular complexity index is 338. The monoisotopic (exact) mass is 229 g/mol. The number of piperazine rings is 1. The van der Waals surface area contributed by atoms with Gasteiger partial charge in [0.2, 0.25) is 11.8 Å². The first-order valence-electron chi connectivity index (χ1n) is 4.51. The summed E-state index contributed by atoms with van der Waals surface area (Å²) in [5.41, 5.74) is 0. The highest BCUT2D eigenvalue weighted by Gasteiger charge is 2.27. The minimum atomic E-state index is -1.19. The van der Waals surface area contributed by atoms with Crippen molar-refractivity contribution in [3.63, 3.8) is 0 Å². The molecule has 88 valence electrons. The minimum Gasteiger partial charge on any atom is -0.480 e. The standard InChI is InChI=1S/C8H11N3O5/c1-4(7(14)15)9-8(16)11-2-5(12)10-6(13)3-11/h4H,2-3H2,1H3,(H,9,16)(H,14,15)(H,10,12,13). The molecule has 1 saturated heterocycles. The van der Waals surface area contributed by atoms with Crippen LogP contribution in [0.25, 0.3) is 0 Å². The highest BCUT2D eigenvalue weighted by molar-refractivity contribution is 6.02. The quantitative estimate of drug-likeness (QED) is 0.479. The molecule has 0 aliphatic carbocycles. The van der Waals surface area contributed by atoms with Gasteiger partial charge in [0.05, 0.1) is 0 Å². The molecule has 1 fully saturated rings. The lowest BCUT2D eigenvalue weighted by atomic mass is 10.3. The Labute approximate surface area is 90.6 Å². The zero-order valence-corrected chi connectivity index (χ0v) is 8.52. The minimum absolute atomic E-state index is 0.260. The number of urea groups is 1. The lowest BCUT2D eigenvalue weighted by molar-refractivity contribution is -0.138. The summed E-state index contributed by atoms with van der Waals surface area (Å²) in [7, 11) is 0. The van der Waals surface area contributed by atoms with E-state index in [0.29, 0.717) is 0 Å². The Kier molecular flexibility index (Phi) is 3.44. The van der Waals surface area contributed by atoms with E-state index in [0.717, 1.165) is 4.90 Å². The van der Waals surface area contributed by atoms with Crippen molar-refractivity contribution < 1.29 is 24.3 Å². The Balaban J connectivity index is 2.57. The molecule has 4 amide bonds. The predicted molar refractivity (Wildman–Crippen MR) is 50.4 cm³/mol. The first-order chi connectivity index (χ1) is 7.40. The smallest absolute Gasteiger partial charge is 0.325 e. The van der Waals surface area contributed by atoms with Crippen LogP contribution in [0.3, 0.4) is 0 Å². The fraction of sp³-hybridized carbons (Fsp3) is 0.500. The normalized spacial score (nSPS) is 17.7. The largest absolute Gasteiger partial charge is 0.480 e. The van der Waals surface area contributed by atoms with Crippen LogP contribution in [0, 0.1) is 0 Å². The third kappa shape index (κ3) is 2.94. The SMILES string of the molecule is CC(NC(=O)N1CC(=O)NC(=O)C1)C(=O)O.